The zero-order valence-corrected chi connectivity index (χ0v) is 16.1. The summed E-state index contributed by atoms with van der Waals surface area (Å²) in [6.45, 7) is 5.33. The molecule has 2 aromatic rings. The molecule has 0 bridgehead atoms. The first kappa shape index (κ1) is 20.1. The molecule has 2 rings (SSSR count). The van der Waals surface area contributed by atoms with Gasteiger partial charge in [0.15, 0.2) is 11.5 Å². The number of aryl methyl sites for hydroxylation is 1. The molecule has 0 aliphatic heterocycles. The second-order valence-corrected chi connectivity index (χ2v) is 6.41. The summed E-state index contributed by atoms with van der Waals surface area (Å²) in [7, 11) is 0. The highest BCUT2D eigenvalue weighted by atomic mass is 35.5. The number of unbranched alkanes of at least 4 members (excludes halogenated alkanes) is 1. The number of halogens is 1. The minimum Gasteiger partial charge on any atom is -0.490 e. The van der Waals surface area contributed by atoms with E-state index in [0.29, 0.717) is 36.8 Å². The lowest BCUT2D eigenvalue weighted by Crippen LogP contribution is -2.12. The molecule has 0 spiro atoms. The van der Waals surface area contributed by atoms with Crippen LogP contribution in [0.2, 0.25) is 5.02 Å². The van der Waals surface area contributed by atoms with Crippen LogP contribution in [0.15, 0.2) is 42.5 Å². The molecule has 0 aliphatic rings. The van der Waals surface area contributed by atoms with Crippen LogP contribution in [-0.4, -0.2) is 19.1 Å². The Bertz CT molecular complexity index is 718. The van der Waals surface area contributed by atoms with Crippen molar-refractivity contribution in [3.63, 3.8) is 0 Å². The molecule has 0 saturated carbocycles. The molecular weight excluding hydrogens is 350 g/mol. The van der Waals surface area contributed by atoms with Crippen LogP contribution in [0.1, 0.15) is 38.7 Å². The Labute approximate surface area is 160 Å². The maximum Gasteiger partial charge on any atom is 0.224 e. The fraction of sp³-hybridized carbons (Fsp3) is 0.381. The summed E-state index contributed by atoms with van der Waals surface area (Å²) in [5.74, 6) is 1.44. The van der Waals surface area contributed by atoms with Gasteiger partial charge in [-0.15, -0.1) is 0 Å². The third-order valence-electron chi connectivity index (χ3n) is 3.81. The lowest BCUT2D eigenvalue weighted by Gasteiger charge is -2.13. The van der Waals surface area contributed by atoms with Crippen molar-refractivity contribution in [3.8, 4) is 11.5 Å². The molecule has 4 nitrogen and oxygen atoms in total. The van der Waals surface area contributed by atoms with Crippen LogP contribution in [0, 0.1) is 0 Å². The fourth-order valence-corrected chi connectivity index (χ4v) is 2.66. The normalized spacial score (nSPS) is 10.4. The van der Waals surface area contributed by atoms with Crippen molar-refractivity contribution in [2.75, 3.05) is 18.5 Å². The van der Waals surface area contributed by atoms with Crippen molar-refractivity contribution in [2.45, 2.75) is 39.5 Å². The van der Waals surface area contributed by atoms with E-state index in [1.807, 2.05) is 37.3 Å². The lowest BCUT2D eigenvalue weighted by molar-refractivity contribution is -0.116. The molecule has 1 N–H and O–H groups in total. The zero-order valence-electron chi connectivity index (χ0n) is 15.4. The van der Waals surface area contributed by atoms with E-state index in [2.05, 4.69) is 12.2 Å². The van der Waals surface area contributed by atoms with E-state index in [9.17, 15) is 4.79 Å². The largest absolute Gasteiger partial charge is 0.490 e. The van der Waals surface area contributed by atoms with Gasteiger partial charge in [-0.25, -0.2) is 0 Å². The first-order chi connectivity index (χ1) is 12.6. The monoisotopic (exact) mass is 375 g/mol. The second kappa shape index (κ2) is 10.7. The van der Waals surface area contributed by atoms with Gasteiger partial charge in [0.25, 0.3) is 0 Å². The fourth-order valence-electron chi connectivity index (χ4n) is 2.47. The van der Waals surface area contributed by atoms with Crippen LogP contribution in [0.4, 0.5) is 5.69 Å². The number of ether oxygens (including phenoxy) is 2. The van der Waals surface area contributed by atoms with Crippen LogP contribution in [0.25, 0.3) is 0 Å². The van der Waals surface area contributed by atoms with E-state index in [1.54, 1.807) is 12.1 Å². The van der Waals surface area contributed by atoms with Gasteiger partial charge in [0.05, 0.1) is 13.2 Å². The molecule has 0 unspecified atom stereocenters. The van der Waals surface area contributed by atoms with Gasteiger partial charge in [-0.1, -0.05) is 37.1 Å². The first-order valence-corrected chi connectivity index (χ1v) is 9.44. The summed E-state index contributed by atoms with van der Waals surface area (Å²) < 4.78 is 11.5. The van der Waals surface area contributed by atoms with Crippen molar-refractivity contribution < 1.29 is 14.3 Å². The van der Waals surface area contributed by atoms with Gasteiger partial charge in [-0.2, -0.15) is 0 Å². The highest BCUT2D eigenvalue weighted by molar-refractivity contribution is 6.30. The summed E-state index contributed by atoms with van der Waals surface area (Å²) >= 11 is 5.93. The van der Waals surface area contributed by atoms with E-state index in [1.165, 1.54) is 0 Å². The first-order valence-electron chi connectivity index (χ1n) is 9.06. The highest BCUT2D eigenvalue weighted by Crippen LogP contribution is 2.29. The topological polar surface area (TPSA) is 47.6 Å². The van der Waals surface area contributed by atoms with Gasteiger partial charge in [0, 0.05) is 17.1 Å². The van der Waals surface area contributed by atoms with Crippen molar-refractivity contribution in [2.24, 2.45) is 0 Å². The molecule has 140 valence electrons. The third-order valence-corrected chi connectivity index (χ3v) is 4.05. The Balaban J connectivity index is 1.93. The van der Waals surface area contributed by atoms with Gasteiger partial charge in [-0.05, 0) is 55.7 Å². The zero-order chi connectivity index (χ0) is 18.8. The maximum atomic E-state index is 12.1. The van der Waals surface area contributed by atoms with Gasteiger partial charge >= 0.3 is 0 Å². The maximum absolute atomic E-state index is 12.1. The molecule has 26 heavy (non-hydrogen) atoms. The quantitative estimate of drug-likeness (QED) is 0.558. The molecule has 0 atom stereocenters. The predicted octanol–water partition coefficient (Wildman–Crippen LogP) is 5.49. The number of hydrogen-bond donors (Lipinski definition) is 1. The summed E-state index contributed by atoms with van der Waals surface area (Å²) in [5.41, 5.74) is 1.75. The number of rotatable bonds is 10. The van der Waals surface area contributed by atoms with Crippen molar-refractivity contribution in [1.82, 2.24) is 0 Å². The predicted molar refractivity (Wildman–Crippen MR) is 106 cm³/mol. The van der Waals surface area contributed by atoms with Gasteiger partial charge in [0.1, 0.15) is 0 Å². The van der Waals surface area contributed by atoms with Crippen LogP contribution < -0.4 is 14.8 Å². The molecule has 0 heterocycles. The molecule has 0 fully saturated rings. The van der Waals surface area contributed by atoms with Crippen molar-refractivity contribution in [3.05, 3.63) is 53.1 Å². The molecule has 2 aromatic carbocycles. The molecule has 1 amide bonds. The highest BCUT2D eigenvalue weighted by Gasteiger charge is 2.09. The Morgan fingerprint density at radius 1 is 1.08 bits per heavy atom. The van der Waals surface area contributed by atoms with Crippen LogP contribution >= 0.6 is 11.6 Å². The molecule has 0 aromatic heterocycles. The van der Waals surface area contributed by atoms with Crippen molar-refractivity contribution in [1.29, 1.82) is 0 Å². The van der Waals surface area contributed by atoms with E-state index in [-0.39, 0.29) is 5.91 Å². The molecule has 5 heteroatoms. The smallest absolute Gasteiger partial charge is 0.224 e. The Morgan fingerprint density at radius 3 is 2.65 bits per heavy atom. The van der Waals surface area contributed by atoms with Crippen LogP contribution in [0.3, 0.4) is 0 Å². The number of benzene rings is 2. The molecule has 0 radical (unpaired) electrons. The van der Waals surface area contributed by atoms with E-state index >= 15 is 0 Å². The number of carbonyl (C=O) groups is 1. The van der Waals surface area contributed by atoms with Crippen LogP contribution in [0.5, 0.6) is 11.5 Å². The van der Waals surface area contributed by atoms with E-state index in [4.69, 9.17) is 21.1 Å². The van der Waals surface area contributed by atoms with Crippen molar-refractivity contribution >= 4 is 23.2 Å². The average molecular weight is 376 g/mol. The average Bonchev–Trinajstić information content (AvgIpc) is 2.62. The number of nitrogens with one attached hydrogen (secondary N) is 1. The molecular formula is C21H26ClNO3. The number of hydrogen-bond acceptors (Lipinski definition) is 3. The summed E-state index contributed by atoms with van der Waals surface area (Å²) in [6.07, 6.45) is 3.11. The van der Waals surface area contributed by atoms with Gasteiger partial charge in [-0.3, -0.25) is 4.79 Å². The SMILES string of the molecule is CCCCOc1ccc(CCC(=O)Nc2cccc(Cl)c2)cc1OCC. The van der Waals surface area contributed by atoms with Gasteiger partial charge in [0.2, 0.25) is 5.91 Å². The minimum atomic E-state index is -0.0477. The number of amides is 1. The minimum absolute atomic E-state index is 0.0477. The molecule has 0 saturated heterocycles. The Kier molecular flexibility index (Phi) is 8.29. The van der Waals surface area contributed by atoms with E-state index < -0.39 is 0 Å². The lowest BCUT2D eigenvalue weighted by atomic mass is 10.1. The summed E-state index contributed by atoms with van der Waals surface area (Å²) in [4.78, 5) is 12.1. The Hall–Kier alpha value is -2.20. The summed E-state index contributed by atoms with van der Waals surface area (Å²) in [6, 6.07) is 13.0. The standard InChI is InChI=1S/C21H26ClNO3/c1-3-5-13-26-19-11-9-16(14-20(19)25-4-2)10-12-21(24)23-18-8-6-7-17(22)15-18/h6-9,11,14-15H,3-5,10,12-13H2,1-2H3,(H,23,24). The second-order valence-electron chi connectivity index (χ2n) is 5.97. The van der Waals surface area contributed by atoms with E-state index in [0.717, 1.165) is 29.9 Å². The van der Waals surface area contributed by atoms with Gasteiger partial charge < -0.3 is 14.8 Å². The molecule has 0 aliphatic carbocycles. The van der Waals surface area contributed by atoms with Crippen LogP contribution in [-0.2, 0) is 11.2 Å². The number of carbonyl (C=O) groups excluding carboxylic acids is 1. The summed E-state index contributed by atoms with van der Waals surface area (Å²) in [5, 5.41) is 3.46. The Morgan fingerprint density at radius 2 is 1.92 bits per heavy atom. The number of anilines is 1. The third kappa shape index (κ3) is 6.60.